The second-order valence-corrected chi connectivity index (χ2v) is 16.2. The first-order valence-electron chi connectivity index (χ1n) is 12.4. The minimum atomic E-state index is -3.45. The van der Waals surface area contributed by atoms with Gasteiger partial charge in [-0.05, 0) is 39.5 Å². The van der Waals surface area contributed by atoms with Crippen LogP contribution in [0.4, 0.5) is 0 Å². The fraction of sp³-hybridized carbons (Fsp3) is 0.739. The number of hydrogen-bond acceptors (Lipinski definition) is 11. The molecule has 0 saturated carbocycles. The van der Waals surface area contributed by atoms with Crippen molar-refractivity contribution in [3.8, 4) is 0 Å². The number of aryl methyl sites for hydroxylation is 1. The average Bonchev–Trinajstić information content (AvgIpc) is 3.05. The summed E-state index contributed by atoms with van der Waals surface area (Å²) in [7, 11) is 0. The second-order valence-electron chi connectivity index (χ2n) is 10.5. The first-order chi connectivity index (χ1) is 18.3. The summed E-state index contributed by atoms with van der Waals surface area (Å²) in [5.41, 5.74) is -1.77. The van der Waals surface area contributed by atoms with Crippen molar-refractivity contribution >= 4 is 64.5 Å². The van der Waals surface area contributed by atoms with Gasteiger partial charge in [0.15, 0.2) is 15.7 Å². The van der Waals surface area contributed by atoms with E-state index in [-0.39, 0.29) is 35.7 Å². The van der Waals surface area contributed by atoms with Gasteiger partial charge >= 0.3 is 11.7 Å². The van der Waals surface area contributed by atoms with Crippen LogP contribution in [-0.2, 0) is 39.9 Å². The maximum absolute atomic E-state index is 12.4. The molecule has 0 spiro atoms. The number of rotatable bonds is 12. The van der Waals surface area contributed by atoms with Crippen molar-refractivity contribution in [1.29, 1.82) is 0 Å². The van der Waals surface area contributed by atoms with Gasteiger partial charge in [-0.2, -0.15) is 0 Å². The highest BCUT2D eigenvalue weighted by Gasteiger charge is 2.56. The molecule has 1 aromatic rings. The van der Waals surface area contributed by atoms with Gasteiger partial charge in [-0.1, -0.05) is 55.7 Å². The van der Waals surface area contributed by atoms with Crippen LogP contribution in [0.5, 0.6) is 0 Å². The van der Waals surface area contributed by atoms with E-state index in [1.165, 1.54) is 20.0 Å². The number of esters is 1. The molecule has 0 aromatic carbocycles. The number of aromatic amines is 1. The molecule has 0 amide bonds. The summed E-state index contributed by atoms with van der Waals surface area (Å²) in [5.74, 6) is -0.310. The Morgan fingerprint density at radius 1 is 1.30 bits per heavy atom. The number of thioether (sulfide) groups is 1. The Balaban J connectivity index is 2.19. The summed E-state index contributed by atoms with van der Waals surface area (Å²) in [6, 6.07) is -0.915. The fourth-order valence-corrected chi connectivity index (χ4v) is 7.14. The molecule has 2 rings (SSSR count). The molecule has 228 valence electrons. The molecule has 1 fully saturated rings. The quantitative estimate of drug-likeness (QED) is 0.130. The van der Waals surface area contributed by atoms with Crippen molar-refractivity contribution in [2.24, 2.45) is 5.41 Å². The SMILES string of the molecule is Cc1cn([C@@H]2O[C@H](COP(=S)(N[C@@H](C)C(=O)OC(C)C)OCCSC(=O)C(C)(C)C)[C@@H](O)C2(Cl)Cl)c(=O)[nH]c1=O. The number of ether oxygens (including phenoxy) is 2. The van der Waals surface area contributed by atoms with E-state index in [0.29, 0.717) is 0 Å². The number of H-pyrrole nitrogens is 1. The molecule has 0 radical (unpaired) electrons. The monoisotopic (exact) mass is 663 g/mol. The molecule has 5 atom stereocenters. The lowest BCUT2D eigenvalue weighted by molar-refractivity contribution is -0.149. The van der Waals surface area contributed by atoms with Crippen LogP contribution in [0.2, 0.25) is 0 Å². The van der Waals surface area contributed by atoms with Crippen molar-refractivity contribution in [3.63, 3.8) is 0 Å². The fourth-order valence-electron chi connectivity index (χ4n) is 3.28. The van der Waals surface area contributed by atoms with Crippen LogP contribution in [0.1, 0.15) is 53.3 Å². The van der Waals surface area contributed by atoms with E-state index in [2.05, 4.69) is 10.1 Å². The zero-order valence-electron chi connectivity index (χ0n) is 23.3. The van der Waals surface area contributed by atoms with Crippen LogP contribution < -0.4 is 16.3 Å². The van der Waals surface area contributed by atoms with Crippen LogP contribution in [0.3, 0.4) is 0 Å². The molecule has 40 heavy (non-hydrogen) atoms. The van der Waals surface area contributed by atoms with Crippen molar-refractivity contribution in [3.05, 3.63) is 32.6 Å². The minimum Gasteiger partial charge on any atom is -0.462 e. The highest BCUT2D eigenvalue weighted by molar-refractivity contribution is 8.13. The average molecular weight is 665 g/mol. The van der Waals surface area contributed by atoms with Crippen LogP contribution >= 0.6 is 41.6 Å². The van der Waals surface area contributed by atoms with Crippen LogP contribution in [0, 0.1) is 12.3 Å². The van der Waals surface area contributed by atoms with Gasteiger partial charge in [0.1, 0.15) is 18.2 Å². The Labute approximate surface area is 252 Å². The Bertz CT molecular complexity index is 1240. The number of alkyl halides is 2. The standard InChI is InChI=1S/C23H36Cl2N3O9PS2/c1-12(2)36-18(31)14(4)27-38(39,34-8-9-40-20(32)22(5,6)7)35-11-15-16(29)23(24,25)19(37-15)28-10-13(3)17(30)26-21(28)33/h10,12,14-16,19,29H,8-9,11H2,1-7H3,(H,27,39)(H,26,30,33)/t14-,15+,16+,19+,38?/m0/s1. The zero-order valence-corrected chi connectivity index (χ0v) is 27.3. The molecular formula is C23H36Cl2N3O9PS2. The first-order valence-corrected chi connectivity index (χ1v) is 16.7. The van der Waals surface area contributed by atoms with E-state index < -0.39 is 58.1 Å². The number of aliphatic hydroxyl groups excluding tert-OH is 1. The van der Waals surface area contributed by atoms with E-state index in [1.54, 1.807) is 34.6 Å². The molecule has 0 bridgehead atoms. The normalized spacial score (nSPS) is 23.1. The van der Waals surface area contributed by atoms with E-state index in [0.717, 1.165) is 16.3 Å². The Hall–Kier alpha value is -0.800. The topological polar surface area (TPSA) is 158 Å². The number of aliphatic hydroxyl groups is 1. The van der Waals surface area contributed by atoms with Gasteiger partial charge in [0.25, 0.3) is 12.2 Å². The predicted octanol–water partition coefficient (Wildman–Crippen LogP) is 2.77. The Kier molecular flexibility index (Phi) is 12.5. The number of aromatic nitrogens is 2. The van der Waals surface area contributed by atoms with Crippen LogP contribution in [0.15, 0.2) is 15.8 Å². The summed E-state index contributed by atoms with van der Waals surface area (Å²) in [6.45, 7) is 7.99. The molecule has 3 N–H and O–H groups in total. The minimum absolute atomic E-state index is 0.0143. The number of hydrogen-bond donors (Lipinski definition) is 3. The molecule has 1 aliphatic heterocycles. The van der Waals surface area contributed by atoms with Crippen molar-refractivity contribution in [2.75, 3.05) is 19.0 Å². The van der Waals surface area contributed by atoms with E-state index in [4.69, 9.17) is 53.5 Å². The molecule has 2 heterocycles. The molecule has 1 aromatic heterocycles. The number of halogens is 2. The maximum Gasteiger partial charge on any atom is 0.330 e. The Morgan fingerprint density at radius 3 is 2.50 bits per heavy atom. The van der Waals surface area contributed by atoms with Gasteiger partial charge in [0.05, 0.1) is 19.3 Å². The van der Waals surface area contributed by atoms with E-state index >= 15 is 0 Å². The molecule has 1 aliphatic rings. The van der Waals surface area contributed by atoms with Gasteiger partial charge < -0.3 is 23.6 Å². The third kappa shape index (κ3) is 9.35. The number of nitrogens with one attached hydrogen (secondary N) is 2. The first kappa shape index (κ1) is 35.4. The summed E-state index contributed by atoms with van der Waals surface area (Å²) < 4.78 is 21.7. The molecule has 1 saturated heterocycles. The lowest BCUT2D eigenvalue weighted by Gasteiger charge is -2.28. The lowest BCUT2D eigenvalue weighted by atomic mass is 10.00. The van der Waals surface area contributed by atoms with Crippen molar-refractivity contribution in [1.82, 2.24) is 14.6 Å². The zero-order chi connectivity index (χ0) is 30.6. The highest BCUT2D eigenvalue weighted by Crippen LogP contribution is 2.49. The summed E-state index contributed by atoms with van der Waals surface area (Å²) in [5, 5.41) is 13.7. The smallest absolute Gasteiger partial charge is 0.330 e. The molecule has 0 aliphatic carbocycles. The van der Waals surface area contributed by atoms with Gasteiger partial charge in [-0.25, -0.2) is 9.88 Å². The predicted molar refractivity (Wildman–Crippen MR) is 157 cm³/mol. The number of carbonyl (C=O) groups excluding carboxylic acids is 2. The Morgan fingerprint density at radius 2 is 1.93 bits per heavy atom. The van der Waals surface area contributed by atoms with Gasteiger partial charge in [-0.3, -0.25) is 23.9 Å². The van der Waals surface area contributed by atoms with Crippen molar-refractivity contribution < 1.29 is 33.2 Å². The van der Waals surface area contributed by atoms with Crippen LogP contribution in [0.25, 0.3) is 0 Å². The van der Waals surface area contributed by atoms with Gasteiger partial charge in [-0.15, -0.1) is 0 Å². The summed E-state index contributed by atoms with van der Waals surface area (Å²) in [6.07, 6.45) is -3.26. The van der Waals surface area contributed by atoms with Crippen molar-refractivity contribution in [2.45, 2.75) is 83.4 Å². The van der Waals surface area contributed by atoms with Gasteiger partial charge in [0.2, 0.25) is 0 Å². The molecule has 12 nitrogen and oxygen atoms in total. The lowest BCUT2D eigenvalue weighted by Crippen LogP contribution is -2.42. The third-order valence-corrected chi connectivity index (χ3v) is 10.2. The third-order valence-electron chi connectivity index (χ3n) is 5.43. The summed E-state index contributed by atoms with van der Waals surface area (Å²) in [4.78, 5) is 51.0. The largest absolute Gasteiger partial charge is 0.462 e. The number of carbonyl (C=O) groups is 2. The highest BCUT2D eigenvalue weighted by atomic mass is 35.5. The second kappa shape index (κ2) is 14.1. The summed E-state index contributed by atoms with van der Waals surface area (Å²) >= 11 is 19.5. The molecular weight excluding hydrogens is 628 g/mol. The van der Waals surface area contributed by atoms with Crippen LogP contribution in [-0.4, -0.2) is 73.4 Å². The molecule has 17 heteroatoms. The molecule has 1 unspecified atom stereocenters. The van der Waals surface area contributed by atoms with E-state index in [9.17, 15) is 24.3 Å². The van der Waals surface area contributed by atoms with Gasteiger partial charge in [0, 0.05) is 22.9 Å². The maximum atomic E-state index is 12.4. The van der Waals surface area contributed by atoms with E-state index in [1.807, 2.05) is 0 Å². The number of nitrogens with zero attached hydrogens (tertiary/aromatic N) is 1.